The maximum atomic E-state index is 9.03. The molecular weight excluding hydrogens is 412 g/mol. The molecule has 1 aromatic heterocycles. The first kappa shape index (κ1) is 23.2. The highest BCUT2D eigenvalue weighted by atomic mass is 15.2. The van der Waals surface area contributed by atoms with Gasteiger partial charge in [0.15, 0.2) is 5.82 Å². The Morgan fingerprint density at radius 3 is 2.55 bits per heavy atom. The predicted octanol–water partition coefficient (Wildman–Crippen LogP) is 4.55. The number of aromatic nitrogens is 3. The topological polar surface area (TPSA) is 111 Å². The molecule has 2 heterocycles. The van der Waals surface area contributed by atoms with Gasteiger partial charge in [0.05, 0.1) is 6.07 Å². The zero-order chi connectivity index (χ0) is 22.9. The summed E-state index contributed by atoms with van der Waals surface area (Å²) in [6, 6.07) is 11.1. The first-order chi connectivity index (χ1) is 16.3. The van der Waals surface area contributed by atoms with Gasteiger partial charge in [-0.1, -0.05) is 44.7 Å². The van der Waals surface area contributed by atoms with Crippen LogP contribution in [-0.2, 0) is 0 Å². The van der Waals surface area contributed by atoms with Gasteiger partial charge < -0.3 is 21.3 Å². The van der Waals surface area contributed by atoms with Crippen molar-refractivity contribution in [2.24, 2.45) is 0 Å². The number of para-hydroxylation sites is 1. The highest BCUT2D eigenvalue weighted by molar-refractivity contribution is 5.74. The molecule has 33 heavy (non-hydrogen) atoms. The van der Waals surface area contributed by atoms with Gasteiger partial charge in [0.25, 0.3) is 0 Å². The first-order valence-electron chi connectivity index (χ1n) is 12.5. The van der Waals surface area contributed by atoms with Gasteiger partial charge in [0.2, 0.25) is 11.9 Å². The largest absolute Gasteiger partial charge is 0.372 e. The number of benzene rings is 1. The van der Waals surface area contributed by atoms with Crippen molar-refractivity contribution in [2.45, 2.75) is 82.8 Å². The van der Waals surface area contributed by atoms with Crippen molar-refractivity contribution < 1.29 is 0 Å². The normalized spacial score (nSPS) is 19.9. The molecule has 4 rings (SSSR count). The van der Waals surface area contributed by atoms with Crippen molar-refractivity contribution in [2.75, 3.05) is 29.0 Å². The van der Waals surface area contributed by atoms with E-state index in [0.717, 1.165) is 43.5 Å². The summed E-state index contributed by atoms with van der Waals surface area (Å²) in [5.41, 5.74) is 1.72. The lowest BCUT2D eigenvalue weighted by Crippen LogP contribution is -2.40. The average molecular weight is 449 g/mol. The minimum absolute atomic E-state index is 0.228. The van der Waals surface area contributed by atoms with E-state index < -0.39 is 0 Å². The molecule has 8 nitrogen and oxygen atoms in total. The molecule has 1 aliphatic heterocycles. The lowest BCUT2D eigenvalue weighted by molar-refractivity contribution is 0.496. The van der Waals surface area contributed by atoms with E-state index in [2.05, 4.69) is 34.3 Å². The molecular formula is C25H36N8. The Kier molecular flexibility index (Phi) is 8.31. The second-order valence-electron chi connectivity index (χ2n) is 9.06. The van der Waals surface area contributed by atoms with E-state index in [1.807, 2.05) is 24.3 Å². The predicted molar refractivity (Wildman–Crippen MR) is 133 cm³/mol. The van der Waals surface area contributed by atoms with Gasteiger partial charge in [-0.25, -0.2) is 0 Å². The zero-order valence-electron chi connectivity index (χ0n) is 19.6. The van der Waals surface area contributed by atoms with Crippen LogP contribution in [0.3, 0.4) is 0 Å². The summed E-state index contributed by atoms with van der Waals surface area (Å²) in [7, 11) is 0. The molecule has 2 aromatic rings. The molecule has 1 unspecified atom stereocenters. The minimum Gasteiger partial charge on any atom is -0.372 e. The van der Waals surface area contributed by atoms with Crippen LogP contribution in [0, 0.1) is 11.3 Å². The van der Waals surface area contributed by atoms with Gasteiger partial charge in [-0.15, -0.1) is 0 Å². The van der Waals surface area contributed by atoms with Gasteiger partial charge in [0.1, 0.15) is 6.54 Å². The van der Waals surface area contributed by atoms with E-state index >= 15 is 0 Å². The molecule has 2 fully saturated rings. The Bertz CT molecular complexity index is 926. The lowest BCUT2D eigenvalue weighted by Gasteiger charge is -2.24. The third kappa shape index (κ3) is 6.32. The molecule has 176 valence electrons. The molecule has 0 bridgehead atoms. The van der Waals surface area contributed by atoms with Crippen LogP contribution in [0.15, 0.2) is 24.3 Å². The van der Waals surface area contributed by atoms with Crippen molar-refractivity contribution in [3.63, 3.8) is 0 Å². The quantitative estimate of drug-likeness (QED) is 0.327. The molecule has 0 spiro atoms. The molecule has 2 aliphatic rings. The van der Waals surface area contributed by atoms with Crippen LogP contribution < -0.4 is 21.3 Å². The Labute approximate surface area is 197 Å². The number of rotatable bonds is 9. The monoisotopic (exact) mass is 448 g/mol. The SMILES string of the molecule is CC[C@H](Nc1nc(NC2CCCCCC2)nc(-c2ccccc2NCC#N)n1)C1CCCN1. The van der Waals surface area contributed by atoms with Crippen LogP contribution in [0.5, 0.6) is 0 Å². The number of nitriles is 1. The second-order valence-corrected chi connectivity index (χ2v) is 9.06. The summed E-state index contributed by atoms with van der Waals surface area (Å²) in [5, 5.41) is 23.0. The van der Waals surface area contributed by atoms with Crippen LogP contribution >= 0.6 is 0 Å². The van der Waals surface area contributed by atoms with Crippen molar-refractivity contribution in [3.05, 3.63) is 24.3 Å². The summed E-state index contributed by atoms with van der Waals surface area (Å²) in [4.78, 5) is 14.4. The second kappa shape index (κ2) is 11.8. The molecule has 4 N–H and O–H groups in total. The van der Waals surface area contributed by atoms with Crippen molar-refractivity contribution in [3.8, 4) is 17.5 Å². The Morgan fingerprint density at radius 2 is 1.82 bits per heavy atom. The minimum atomic E-state index is 0.228. The van der Waals surface area contributed by atoms with Gasteiger partial charge in [0, 0.05) is 29.4 Å². The fourth-order valence-corrected chi connectivity index (χ4v) is 4.91. The fraction of sp³-hybridized carbons (Fsp3) is 0.600. The van der Waals surface area contributed by atoms with E-state index in [0.29, 0.717) is 29.8 Å². The Balaban J connectivity index is 1.65. The standard InChI is InChI=1S/C25H36N8/c1-2-20(22-14-9-16-27-22)30-25-32-23(19-12-7-8-13-21(19)28-17-15-26)31-24(33-25)29-18-10-5-3-4-6-11-18/h7-8,12-13,18,20,22,27-28H,2-6,9-11,14,16-17H2,1H3,(H2,29,30,31,32,33)/t20-,22?/m0/s1. The van der Waals surface area contributed by atoms with E-state index in [1.54, 1.807) is 0 Å². The first-order valence-corrected chi connectivity index (χ1v) is 12.5. The van der Waals surface area contributed by atoms with Crippen LogP contribution in [0.1, 0.15) is 64.7 Å². The molecule has 1 saturated carbocycles. The molecule has 0 amide bonds. The van der Waals surface area contributed by atoms with Crippen LogP contribution in [0.2, 0.25) is 0 Å². The van der Waals surface area contributed by atoms with Crippen LogP contribution in [-0.4, -0.2) is 46.2 Å². The fourth-order valence-electron chi connectivity index (χ4n) is 4.91. The van der Waals surface area contributed by atoms with Gasteiger partial charge >= 0.3 is 0 Å². The van der Waals surface area contributed by atoms with E-state index in [4.69, 9.17) is 20.2 Å². The van der Waals surface area contributed by atoms with Gasteiger partial charge in [-0.2, -0.15) is 20.2 Å². The molecule has 1 aliphatic carbocycles. The Morgan fingerprint density at radius 1 is 1.03 bits per heavy atom. The van der Waals surface area contributed by atoms with Crippen LogP contribution in [0.4, 0.5) is 17.6 Å². The number of hydrogen-bond acceptors (Lipinski definition) is 8. The molecule has 0 radical (unpaired) electrons. The smallest absolute Gasteiger partial charge is 0.228 e. The third-order valence-electron chi connectivity index (χ3n) is 6.69. The van der Waals surface area contributed by atoms with Crippen LogP contribution in [0.25, 0.3) is 11.4 Å². The number of anilines is 3. The summed E-state index contributed by atoms with van der Waals surface area (Å²) in [6.07, 6.45) is 10.7. The highest BCUT2D eigenvalue weighted by Gasteiger charge is 2.25. The third-order valence-corrected chi connectivity index (χ3v) is 6.69. The molecule has 1 saturated heterocycles. The van der Waals surface area contributed by atoms with Gasteiger partial charge in [-0.3, -0.25) is 0 Å². The van der Waals surface area contributed by atoms with E-state index in [1.165, 1.54) is 32.1 Å². The maximum Gasteiger partial charge on any atom is 0.228 e. The van der Waals surface area contributed by atoms with E-state index in [-0.39, 0.29) is 12.6 Å². The number of nitrogens with zero attached hydrogens (tertiary/aromatic N) is 4. The summed E-state index contributed by atoms with van der Waals surface area (Å²) < 4.78 is 0. The number of hydrogen-bond donors (Lipinski definition) is 4. The molecule has 8 heteroatoms. The van der Waals surface area contributed by atoms with E-state index in [9.17, 15) is 0 Å². The maximum absolute atomic E-state index is 9.03. The average Bonchev–Trinajstić information content (AvgIpc) is 3.26. The highest BCUT2D eigenvalue weighted by Crippen LogP contribution is 2.28. The summed E-state index contributed by atoms with van der Waals surface area (Å²) >= 11 is 0. The Hall–Kier alpha value is -2.92. The van der Waals surface area contributed by atoms with Gasteiger partial charge in [-0.05, 0) is 50.8 Å². The summed E-state index contributed by atoms with van der Waals surface area (Å²) in [6.45, 7) is 3.49. The lowest BCUT2D eigenvalue weighted by atomic mass is 10.0. The van der Waals surface area contributed by atoms with Crippen molar-refractivity contribution in [1.29, 1.82) is 5.26 Å². The molecule has 2 atom stereocenters. The summed E-state index contributed by atoms with van der Waals surface area (Å²) in [5.74, 6) is 1.84. The van der Waals surface area contributed by atoms with Crippen molar-refractivity contribution >= 4 is 17.6 Å². The number of nitrogens with one attached hydrogen (secondary N) is 4. The van der Waals surface area contributed by atoms with Crippen molar-refractivity contribution in [1.82, 2.24) is 20.3 Å². The molecule has 1 aromatic carbocycles. The zero-order valence-corrected chi connectivity index (χ0v) is 19.6.